The second kappa shape index (κ2) is 6.42. The van der Waals surface area contributed by atoms with Gasteiger partial charge in [0, 0.05) is 19.8 Å². The first kappa shape index (κ1) is 16.5. The Hall–Kier alpha value is -1.93. The van der Waals surface area contributed by atoms with Crippen molar-refractivity contribution in [1.82, 2.24) is 20.1 Å². The molecule has 2 aliphatic heterocycles. The van der Waals surface area contributed by atoms with Crippen LogP contribution in [0.25, 0.3) is 0 Å². The lowest BCUT2D eigenvalue weighted by Crippen LogP contribution is -2.65. The van der Waals surface area contributed by atoms with E-state index in [4.69, 9.17) is 4.74 Å². The van der Waals surface area contributed by atoms with Crippen LogP contribution in [-0.4, -0.2) is 52.5 Å². The first-order valence-electron chi connectivity index (χ1n) is 8.63. The van der Waals surface area contributed by atoms with Gasteiger partial charge in [0.2, 0.25) is 5.13 Å². The Balaban J connectivity index is 1.23. The minimum atomic E-state index is -0.0296. The summed E-state index contributed by atoms with van der Waals surface area (Å²) in [6.07, 6.45) is 3.99. The molecular formula is C17H23N5O2S. The number of rotatable bonds is 4. The Labute approximate surface area is 151 Å². The fourth-order valence-corrected chi connectivity index (χ4v) is 4.24. The van der Waals surface area contributed by atoms with Gasteiger partial charge in [-0.2, -0.15) is 0 Å². The summed E-state index contributed by atoms with van der Waals surface area (Å²) < 4.78 is 8.01. The maximum Gasteiger partial charge on any atom is 0.267 e. The van der Waals surface area contributed by atoms with Crippen molar-refractivity contribution in [2.75, 3.05) is 31.1 Å². The van der Waals surface area contributed by atoms with Gasteiger partial charge in [-0.25, -0.2) is 0 Å². The molecule has 1 amide bonds. The van der Waals surface area contributed by atoms with Crippen LogP contribution in [0, 0.1) is 12.8 Å². The Morgan fingerprint density at radius 3 is 2.92 bits per heavy atom. The molecule has 0 aromatic carbocycles. The molecule has 2 saturated heterocycles. The summed E-state index contributed by atoms with van der Waals surface area (Å²) >= 11 is 1.63. The van der Waals surface area contributed by atoms with Crippen molar-refractivity contribution in [2.24, 2.45) is 13.0 Å². The summed E-state index contributed by atoms with van der Waals surface area (Å²) in [5.41, 5.74) is 0.660. The van der Waals surface area contributed by atoms with E-state index in [-0.39, 0.29) is 11.5 Å². The van der Waals surface area contributed by atoms with Gasteiger partial charge < -0.3 is 19.5 Å². The van der Waals surface area contributed by atoms with Crippen LogP contribution >= 0.6 is 11.3 Å². The Kier molecular flexibility index (Phi) is 4.24. The molecule has 2 aliphatic rings. The Bertz CT molecular complexity index is 755. The van der Waals surface area contributed by atoms with E-state index in [9.17, 15) is 4.79 Å². The third-order valence-corrected chi connectivity index (χ3v) is 6.00. The first-order chi connectivity index (χ1) is 12.0. The second-order valence-electron chi connectivity index (χ2n) is 7.07. The molecule has 1 N–H and O–H groups in total. The second-order valence-corrected chi connectivity index (χ2v) is 8.23. The van der Waals surface area contributed by atoms with Crippen LogP contribution in [0.15, 0.2) is 18.3 Å². The number of nitrogens with one attached hydrogen (secondary N) is 1. The zero-order valence-corrected chi connectivity index (χ0v) is 15.4. The minimum Gasteiger partial charge on any atom is -0.371 e. The summed E-state index contributed by atoms with van der Waals surface area (Å²) in [6.45, 7) is 5.13. The van der Waals surface area contributed by atoms with E-state index in [1.807, 2.05) is 36.9 Å². The van der Waals surface area contributed by atoms with Gasteiger partial charge in [0.1, 0.15) is 16.3 Å². The fourth-order valence-electron chi connectivity index (χ4n) is 3.55. The van der Waals surface area contributed by atoms with Gasteiger partial charge in [0.25, 0.3) is 5.91 Å². The van der Waals surface area contributed by atoms with Crippen LogP contribution in [0.3, 0.4) is 0 Å². The highest BCUT2D eigenvalue weighted by molar-refractivity contribution is 7.15. The van der Waals surface area contributed by atoms with Gasteiger partial charge in [0.05, 0.1) is 19.7 Å². The summed E-state index contributed by atoms with van der Waals surface area (Å²) in [7, 11) is 1.88. The van der Waals surface area contributed by atoms with E-state index in [0.717, 1.165) is 36.1 Å². The number of aryl methyl sites for hydroxylation is 2. The molecule has 1 atom stereocenters. The van der Waals surface area contributed by atoms with Crippen molar-refractivity contribution >= 4 is 22.4 Å². The largest absolute Gasteiger partial charge is 0.371 e. The van der Waals surface area contributed by atoms with Gasteiger partial charge in [-0.1, -0.05) is 11.3 Å². The van der Waals surface area contributed by atoms with Crippen LogP contribution in [-0.2, 0) is 11.8 Å². The van der Waals surface area contributed by atoms with Gasteiger partial charge in [0.15, 0.2) is 0 Å². The average molecular weight is 361 g/mol. The zero-order chi connectivity index (χ0) is 17.4. The molecular weight excluding hydrogens is 338 g/mol. The summed E-state index contributed by atoms with van der Waals surface area (Å²) in [5.74, 6) is 0.363. The van der Waals surface area contributed by atoms with Crippen LogP contribution in [0.4, 0.5) is 5.13 Å². The molecule has 0 aliphatic carbocycles. The lowest BCUT2D eigenvalue weighted by molar-refractivity contribution is -0.115. The van der Waals surface area contributed by atoms with E-state index in [1.54, 1.807) is 11.3 Å². The molecule has 0 radical (unpaired) electrons. The predicted molar refractivity (Wildman–Crippen MR) is 96.0 cm³/mol. The van der Waals surface area contributed by atoms with Crippen molar-refractivity contribution in [3.05, 3.63) is 29.0 Å². The van der Waals surface area contributed by atoms with Crippen molar-refractivity contribution in [3.8, 4) is 0 Å². The predicted octanol–water partition coefficient (Wildman–Crippen LogP) is 1.60. The highest BCUT2D eigenvalue weighted by atomic mass is 32.1. The maximum absolute atomic E-state index is 12.2. The monoisotopic (exact) mass is 361 g/mol. The van der Waals surface area contributed by atoms with E-state index in [0.29, 0.717) is 24.8 Å². The van der Waals surface area contributed by atoms with Crippen molar-refractivity contribution in [2.45, 2.75) is 25.4 Å². The lowest BCUT2D eigenvalue weighted by atomic mass is 9.83. The molecule has 134 valence electrons. The number of nitrogens with zero attached hydrogens (tertiary/aromatic N) is 4. The fraction of sp³-hybridized carbons (Fsp3) is 0.588. The van der Waals surface area contributed by atoms with Crippen molar-refractivity contribution < 1.29 is 9.53 Å². The van der Waals surface area contributed by atoms with Gasteiger partial charge in [-0.3, -0.25) is 4.79 Å². The molecule has 0 bridgehead atoms. The zero-order valence-electron chi connectivity index (χ0n) is 14.6. The van der Waals surface area contributed by atoms with Crippen LogP contribution in [0.2, 0.25) is 0 Å². The summed E-state index contributed by atoms with van der Waals surface area (Å²) in [5, 5.41) is 13.3. The van der Waals surface area contributed by atoms with Gasteiger partial charge in [-0.05, 0) is 37.8 Å². The number of aromatic nitrogens is 3. The van der Waals surface area contributed by atoms with Crippen LogP contribution in [0.1, 0.15) is 28.3 Å². The number of hydrogen-bond donors (Lipinski definition) is 1. The smallest absolute Gasteiger partial charge is 0.267 e. The Morgan fingerprint density at radius 2 is 2.32 bits per heavy atom. The van der Waals surface area contributed by atoms with E-state index < -0.39 is 0 Å². The first-order valence-corrected chi connectivity index (χ1v) is 9.45. The van der Waals surface area contributed by atoms with E-state index in [1.165, 1.54) is 0 Å². The summed E-state index contributed by atoms with van der Waals surface area (Å²) in [6, 6.07) is 3.71. The highest BCUT2D eigenvalue weighted by Gasteiger charge is 2.47. The molecule has 0 unspecified atom stereocenters. The molecule has 8 heteroatoms. The molecule has 2 aromatic rings. The topological polar surface area (TPSA) is 72.3 Å². The third kappa shape index (κ3) is 3.28. The standard InChI is InChI=1S/C17H23N5O2S/c1-12-19-20-16(25-12)22-10-17(11-22)6-5-13(9-24-17)8-18-15(23)14-4-3-7-21(14)2/h3-4,7,13H,5-6,8-11H2,1-2H3,(H,18,23)/t13-/m1/s1. The number of ether oxygens (including phenoxy) is 1. The molecule has 2 aromatic heterocycles. The van der Waals surface area contributed by atoms with E-state index >= 15 is 0 Å². The van der Waals surface area contributed by atoms with Gasteiger partial charge in [-0.15, -0.1) is 10.2 Å². The molecule has 2 fully saturated rings. The Morgan fingerprint density at radius 1 is 1.48 bits per heavy atom. The van der Waals surface area contributed by atoms with Crippen molar-refractivity contribution in [3.63, 3.8) is 0 Å². The van der Waals surface area contributed by atoms with Gasteiger partial charge >= 0.3 is 0 Å². The number of carbonyl (C=O) groups excluding carboxylic acids is 1. The molecule has 7 nitrogen and oxygen atoms in total. The van der Waals surface area contributed by atoms with E-state index in [2.05, 4.69) is 20.4 Å². The number of hydrogen-bond acceptors (Lipinski definition) is 6. The van der Waals surface area contributed by atoms with Crippen LogP contribution < -0.4 is 10.2 Å². The maximum atomic E-state index is 12.2. The highest BCUT2D eigenvalue weighted by Crippen LogP contribution is 2.39. The SMILES string of the molecule is Cc1nnc(N2CC3(CC[C@H](CNC(=O)c4cccn4C)CO3)C2)s1. The van der Waals surface area contributed by atoms with Crippen LogP contribution in [0.5, 0.6) is 0 Å². The number of amides is 1. The normalized spacial score (nSPS) is 22.0. The molecule has 1 spiro atoms. The molecule has 0 saturated carbocycles. The molecule has 4 heterocycles. The number of carbonyl (C=O) groups is 1. The summed E-state index contributed by atoms with van der Waals surface area (Å²) in [4.78, 5) is 14.4. The van der Waals surface area contributed by atoms with Crippen molar-refractivity contribution in [1.29, 1.82) is 0 Å². The lowest BCUT2D eigenvalue weighted by Gasteiger charge is -2.52. The average Bonchev–Trinajstić information content (AvgIpc) is 3.19. The third-order valence-electron chi connectivity index (χ3n) is 5.11. The molecule has 4 rings (SSSR count). The number of anilines is 1. The minimum absolute atomic E-state index is 0.0192. The molecule has 25 heavy (non-hydrogen) atoms. The quantitative estimate of drug-likeness (QED) is 0.896.